The van der Waals surface area contributed by atoms with Crippen molar-refractivity contribution < 1.29 is 19.1 Å². The van der Waals surface area contributed by atoms with E-state index in [1.54, 1.807) is 19.1 Å². The van der Waals surface area contributed by atoms with Gasteiger partial charge in [0.2, 0.25) is 5.91 Å². The van der Waals surface area contributed by atoms with Crippen LogP contribution in [0.5, 0.6) is 0 Å². The number of carbonyl (C=O) groups excluding carboxylic acids is 2. The predicted molar refractivity (Wildman–Crippen MR) is 104 cm³/mol. The molecule has 5 nitrogen and oxygen atoms in total. The fourth-order valence-corrected chi connectivity index (χ4v) is 3.57. The highest BCUT2D eigenvalue weighted by Gasteiger charge is 2.41. The zero-order chi connectivity index (χ0) is 19.3. The topological polar surface area (TPSA) is 64.6 Å². The van der Waals surface area contributed by atoms with Gasteiger partial charge in [0.05, 0.1) is 17.6 Å². The second-order valence-electron chi connectivity index (χ2n) is 6.71. The minimum atomic E-state index is -0.633. The van der Waals surface area contributed by atoms with E-state index in [4.69, 9.17) is 9.47 Å². The van der Waals surface area contributed by atoms with Crippen LogP contribution in [0.3, 0.4) is 0 Å². The molecule has 1 aliphatic heterocycles. The number of nitrogens with one attached hydrogen (secondary N) is 1. The Hall–Kier alpha value is -2.66. The first kappa shape index (κ1) is 19.1. The summed E-state index contributed by atoms with van der Waals surface area (Å²) in [5.74, 6) is -0.448. The van der Waals surface area contributed by atoms with Crippen molar-refractivity contribution in [1.82, 2.24) is 0 Å². The van der Waals surface area contributed by atoms with E-state index < -0.39 is 5.41 Å². The van der Waals surface area contributed by atoms with E-state index in [1.165, 1.54) is 0 Å². The van der Waals surface area contributed by atoms with Crippen molar-refractivity contribution in [3.8, 4) is 0 Å². The normalized spacial score (nSPS) is 15.8. The number of hydrogen-bond donors (Lipinski definition) is 1. The Bertz CT molecular complexity index is 810. The van der Waals surface area contributed by atoms with Gasteiger partial charge in [0, 0.05) is 18.9 Å². The lowest BCUT2D eigenvalue weighted by atomic mass is 9.73. The number of anilines is 1. The van der Waals surface area contributed by atoms with Gasteiger partial charge in [0.1, 0.15) is 0 Å². The summed E-state index contributed by atoms with van der Waals surface area (Å²) >= 11 is 0. The maximum Gasteiger partial charge on any atom is 0.338 e. The first-order valence-corrected chi connectivity index (χ1v) is 9.30. The van der Waals surface area contributed by atoms with Gasteiger partial charge in [-0.25, -0.2) is 4.79 Å². The third-order valence-electron chi connectivity index (χ3n) is 5.18. The molecule has 0 aliphatic carbocycles. The summed E-state index contributed by atoms with van der Waals surface area (Å²) in [7, 11) is 0. The van der Waals surface area contributed by atoms with Crippen LogP contribution in [0.1, 0.15) is 41.3 Å². The molecule has 0 unspecified atom stereocenters. The SMILES string of the molecule is CCOC(=O)c1cccc(NC(=O)C2(c3ccccc3)CCOCC2)c1C. The minimum absolute atomic E-state index is 0.0684. The molecule has 0 radical (unpaired) electrons. The summed E-state index contributed by atoms with van der Waals surface area (Å²) in [5, 5.41) is 3.05. The largest absolute Gasteiger partial charge is 0.462 e. The van der Waals surface area contributed by atoms with Crippen LogP contribution >= 0.6 is 0 Å². The average molecular weight is 367 g/mol. The van der Waals surface area contributed by atoms with E-state index in [0.29, 0.717) is 49.5 Å². The van der Waals surface area contributed by atoms with Crippen LogP contribution in [-0.4, -0.2) is 31.7 Å². The van der Waals surface area contributed by atoms with Gasteiger partial charge < -0.3 is 14.8 Å². The van der Waals surface area contributed by atoms with E-state index >= 15 is 0 Å². The highest BCUT2D eigenvalue weighted by molar-refractivity contribution is 6.01. The predicted octanol–water partition coefficient (Wildman–Crippen LogP) is 3.86. The van der Waals surface area contributed by atoms with Crippen LogP contribution in [-0.2, 0) is 19.7 Å². The lowest BCUT2D eigenvalue weighted by Crippen LogP contribution is -2.45. The molecule has 0 bridgehead atoms. The van der Waals surface area contributed by atoms with E-state index in [-0.39, 0.29) is 11.9 Å². The van der Waals surface area contributed by atoms with Crippen molar-refractivity contribution in [2.24, 2.45) is 0 Å². The maximum atomic E-state index is 13.4. The van der Waals surface area contributed by atoms with Gasteiger partial charge in [-0.3, -0.25) is 4.79 Å². The molecular weight excluding hydrogens is 342 g/mol. The lowest BCUT2D eigenvalue weighted by Gasteiger charge is -2.36. The average Bonchev–Trinajstić information content (AvgIpc) is 2.71. The van der Waals surface area contributed by atoms with Crippen LogP contribution in [0.4, 0.5) is 5.69 Å². The fraction of sp³-hybridized carbons (Fsp3) is 0.364. The monoisotopic (exact) mass is 367 g/mol. The van der Waals surface area contributed by atoms with Crippen LogP contribution in [0.15, 0.2) is 48.5 Å². The van der Waals surface area contributed by atoms with Gasteiger partial charge in [-0.05, 0) is 49.9 Å². The second-order valence-corrected chi connectivity index (χ2v) is 6.71. The first-order chi connectivity index (χ1) is 13.1. The van der Waals surface area contributed by atoms with E-state index in [9.17, 15) is 9.59 Å². The molecule has 2 aromatic carbocycles. The zero-order valence-electron chi connectivity index (χ0n) is 15.8. The van der Waals surface area contributed by atoms with Crippen molar-refractivity contribution in [2.45, 2.75) is 32.1 Å². The third kappa shape index (κ3) is 3.88. The molecule has 1 aliphatic rings. The Morgan fingerprint density at radius 3 is 2.44 bits per heavy atom. The summed E-state index contributed by atoms with van der Waals surface area (Å²) in [6.45, 7) is 5.00. The summed E-state index contributed by atoms with van der Waals surface area (Å²) < 4.78 is 10.6. The van der Waals surface area contributed by atoms with Crippen LogP contribution in [0, 0.1) is 6.92 Å². The van der Waals surface area contributed by atoms with E-state index in [0.717, 1.165) is 5.56 Å². The Balaban J connectivity index is 1.91. The van der Waals surface area contributed by atoms with Crippen molar-refractivity contribution in [3.63, 3.8) is 0 Å². The van der Waals surface area contributed by atoms with Gasteiger partial charge in [-0.2, -0.15) is 0 Å². The molecule has 27 heavy (non-hydrogen) atoms. The molecule has 5 heteroatoms. The number of hydrogen-bond acceptors (Lipinski definition) is 4. The quantitative estimate of drug-likeness (QED) is 0.815. The van der Waals surface area contributed by atoms with Gasteiger partial charge in [0.25, 0.3) is 0 Å². The summed E-state index contributed by atoms with van der Waals surface area (Å²) in [4.78, 5) is 25.5. The summed E-state index contributed by atoms with van der Waals surface area (Å²) in [6, 6.07) is 15.1. The molecular formula is C22H25NO4. The smallest absolute Gasteiger partial charge is 0.338 e. The summed E-state index contributed by atoms with van der Waals surface area (Å²) in [6.07, 6.45) is 1.25. The van der Waals surface area contributed by atoms with Crippen LogP contribution < -0.4 is 5.32 Å². The van der Waals surface area contributed by atoms with Gasteiger partial charge >= 0.3 is 5.97 Å². The molecule has 1 saturated heterocycles. The van der Waals surface area contributed by atoms with E-state index in [1.807, 2.05) is 43.3 Å². The van der Waals surface area contributed by atoms with Crippen LogP contribution in [0.25, 0.3) is 0 Å². The van der Waals surface area contributed by atoms with Crippen molar-refractivity contribution in [2.75, 3.05) is 25.1 Å². The number of ether oxygens (including phenoxy) is 2. The second kappa shape index (κ2) is 8.35. The number of benzene rings is 2. The van der Waals surface area contributed by atoms with Gasteiger partial charge in [-0.15, -0.1) is 0 Å². The van der Waals surface area contributed by atoms with Gasteiger partial charge in [0.15, 0.2) is 0 Å². The van der Waals surface area contributed by atoms with Crippen molar-refractivity contribution in [3.05, 3.63) is 65.2 Å². The standard InChI is InChI=1S/C22H25NO4/c1-3-27-20(24)18-10-7-11-19(16(18)2)23-21(25)22(12-14-26-15-13-22)17-8-5-4-6-9-17/h4-11H,3,12-15H2,1-2H3,(H,23,25). The molecule has 1 heterocycles. The number of rotatable bonds is 5. The molecule has 0 spiro atoms. The Morgan fingerprint density at radius 1 is 1.07 bits per heavy atom. The molecule has 0 atom stereocenters. The first-order valence-electron chi connectivity index (χ1n) is 9.30. The van der Waals surface area contributed by atoms with Crippen molar-refractivity contribution in [1.29, 1.82) is 0 Å². The highest BCUT2D eigenvalue weighted by atomic mass is 16.5. The number of esters is 1. The summed E-state index contributed by atoms with van der Waals surface area (Å²) in [5.41, 5.74) is 2.17. The molecule has 1 N–H and O–H groups in total. The Kier molecular flexibility index (Phi) is 5.91. The molecule has 3 rings (SSSR count). The number of amides is 1. The molecule has 0 saturated carbocycles. The van der Waals surface area contributed by atoms with E-state index in [2.05, 4.69) is 5.32 Å². The Morgan fingerprint density at radius 2 is 1.78 bits per heavy atom. The maximum absolute atomic E-state index is 13.4. The lowest BCUT2D eigenvalue weighted by molar-refractivity contribution is -0.125. The zero-order valence-corrected chi connectivity index (χ0v) is 15.8. The highest BCUT2D eigenvalue weighted by Crippen LogP contribution is 2.36. The Labute approximate surface area is 159 Å². The number of carbonyl (C=O) groups is 2. The fourth-order valence-electron chi connectivity index (χ4n) is 3.57. The molecule has 2 aromatic rings. The molecule has 1 fully saturated rings. The third-order valence-corrected chi connectivity index (χ3v) is 5.18. The molecule has 1 amide bonds. The molecule has 142 valence electrons. The van der Waals surface area contributed by atoms with Crippen LogP contribution in [0.2, 0.25) is 0 Å². The molecule has 0 aromatic heterocycles. The van der Waals surface area contributed by atoms with Gasteiger partial charge in [-0.1, -0.05) is 36.4 Å². The minimum Gasteiger partial charge on any atom is -0.462 e. The van der Waals surface area contributed by atoms with Crippen molar-refractivity contribution >= 4 is 17.6 Å².